The maximum Gasteiger partial charge on any atom is 0.170 e. The van der Waals surface area contributed by atoms with Crippen LogP contribution in [-0.4, -0.2) is 43.8 Å². The molecule has 3 aromatic rings. The van der Waals surface area contributed by atoms with Gasteiger partial charge in [-0.2, -0.15) is 0 Å². The normalized spacial score (nSPS) is 24.1. The quantitative estimate of drug-likeness (QED) is 0.657. The van der Waals surface area contributed by atoms with Crippen LogP contribution < -0.4 is 5.32 Å². The third-order valence-electron chi connectivity index (χ3n) is 5.65. The van der Waals surface area contributed by atoms with Crippen LogP contribution >= 0.6 is 12.2 Å². The summed E-state index contributed by atoms with van der Waals surface area (Å²) >= 11 is 5.78. The van der Waals surface area contributed by atoms with Crippen molar-refractivity contribution < 1.29 is 4.74 Å². The minimum atomic E-state index is -0.0272. The molecule has 0 bridgehead atoms. The molecule has 7 heteroatoms. The number of ether oxygens (including phenoxy) is 1. The van der Waals surface area contributed by atoms with Crippen LogP contribution in [0.3, 0.4) is 0 Å². The highest BCUT2D eigenvalue weighted by Gasteiger charge is 2.42. The van der Waals surface area contributed by atoms with E-state index in [4.69, 9.17) is 17.0 Å². The highest BCUT2D eigenvalue weighted by molar-refractivity contribution is 7.80. The van der Waals surface area contributed by atoms with Crippen molar-refractivity contribution in [1.82, 2.24) is 24.8 Å². The Morgan fingerprint density at radius 1 is 1.10 bits per heavy atom. The maximum absolute atomic E-state index is 5.92. The molecule has 5 rings (SSSR count). The summed E-state index contributed by atoms with van der Waals surface area (Å²) in [6.07, 6.45) is 9.96. The number of rotatable bonds is 5. The van der Waals surface area contributed by atoms with Gasteiger partial charge in [-0.05, 0) is 61.5 Å². The van der Waals surface area contributed by atoms with E-state index in [-0.39, 0.29) is 18.2 Å². The van der Waals surface area contributed by atoms with E-state index in [0.717, 1.165) is 48.2 Å². The monoisotopic (exact) mass is 405 g/mol. The van der Waals surface area contributed by atoms with E-state index in [1.165, 1.54) is 0 Å². The molecule has 0 unspecified atom stereocenters. The molecule has 29 heavy (non-hydrogen) atoms. The molecule has 0 aromatic carbocycles. The number of nitrogens with zero attached hydrogens (tertiary/aromatic N) is 4. The van der Waals surface area contributed by atoms with Gasteiger partial charge in [-0.1, -0.05) is 6.07 Å². The van der Waals surface area contributed by atoms with Crippen LogP contribution in [0.2, 0.25) is 0 Å². The van der Waals surface area contributed by atoms with Gasteiger partial charge in [0.25, 0.3) is 0 Å². The third-order valence-corrected chi connectivity index (χ3v) is 6.00. The molecule has 2 fully saturated rings. The Morgan fingerprint density at radius 2 is 2.00 bits per heavy atom. The lowest BCUT2D eigenvalue weighted by Gasteiger charge is -2.30. The lowest BCUT2D eigenvalue weighted by molar-refractivity contribution is 0.0836. The molecule has 2 saturated heterocycles. The summed E-state index contributed by atoms with van der Waals surface area (Å²) in [5.41, 5.74) is 3.23. The molecule has 2 aliphatic rings. The van der Waals surface area contributed by atoms with E-state index in [1.54, 1.807) is 0 Å². The van der Waals surface area contributed by atoms with Crippen molar-refractivity contribution in [3.63, 3.8) is 0 Å². The van der Waals surface area contributed by atoms with Gasteiger partial charge >= 0.3 is 0 Å². The van der Waals surface area contributed by atoms with E-state index >= 15 is 0 Å². The fourth-order valence-electron chi connectivity index (χ4n) is 4.31. The molecule has 3 atom stereocenters. The SMILES string of the molecule is S=C1N[C@H](c2ccccn2)[C@@H](c2cccn2-c2ccncc2)N1C[C@@H]1CCCO1. The van der Waals surface area contributed by atoms with Gasteiger partial charge in [-0.15, -0.1) is 0 Å². The first kappa shape index (κ1) is 18.3. The highest BCUT2D eigenvalue weighted by Crippen LogP contribution is 2.40. The zero-order valence-electron chi connectivity index (χ0n) is 16.0. The summed E-state index contributed by atoms with van der Waals surface area (Å²) in [5.74, 6) is 0. The lowest BCUT2D eigenvalue weighted by Crippen LogP contribution is -2.36. The van der Waals surface area contributed by atoms with E-state index in [1.807, 2.05) is 42.9 Å². The van der Waals surface area contributed by atoms with Gasteiger partial charge < -0.3 is 19.5 Å². The predicted molar refractivity (Wildman–Crippen MR) is 115 cm³/mol. The number of aromatic nitrogens is 3. The third kappa shape index (κ3) is 3.52. The van der Waals surface area contributed by atoms with Gasteiger partial charge in [0, 0.05) is 49.3 Å². The minimum absolute atomic E-state index is 0.0183. The van der Waals surface area contributed by atoms with Crippen molar-refractivity contribution in [2.24, 2.45) is 0 Å². The average molecular weight is 406 g/mol. The van der Waals surface area contributed by atoms with Crippen LogP contribution in [0.5, 0.6) is 0 Å². The summed E-state index contributed by atoms with van der Waals surface area (Å²) < 4.78 is 8.13. The molecule has 6 nitrogen and oxygen atoms in total. The number of thiocarbonyl (C=S) groups is 1. The molecule has 0 radical (unpaired) electrons. The molecule has 0 aliphatic carbocycles. The Balaban J connectivity index is 1.57. The van der Waals surface area contributed by atoms with E-state index in [2.05, 4.69) is 49.1 Å². The highest BCUT2D eigenvalue weighted by atomic mass is 32.1. The molecular formula is C22H23N5OS. The second kappa shape index (κ2) is 7.93. The Morgan fingerprint density at radius 3 is 2.76 bits per heavy atom. The number of pyridine rings is 2. The molecule has 0 saturated carbocycles. The van der Waals surface area contributed by atoms with Gasteiger partial charge in [0.15, 0.2) is 5.11 Å². The topological polar surface area (TPSA) is 55.2 Å². The molecule has 0 spiro atoms. The fraction of sp³-hybridized carbons (Fsp3) is 0.318. The van der Waals surface area contributed by atoms with Crippen LogP contribution in [0.4, 0.5) is 0 Å². The second-order valence-electron chi connectivity index (χ2n) is 7.42. The molecule has 5 heterocycles. The van der Waals surface area contributed by atoms with Crippen LogP contribution in [0, 0.1) is 0 Å². The molecule has 0 amide bonds. The van der Waals surface area contributed by atoms with Crippen LogP contribution in [0.1, 0.15) is 36.3 Å². The van der Waals surface area contributed by atoms with Gasteiger partial charge in [-0.25, -0.2) is 0 Å². The zero-order chi connectivity index (χ0) is 19.6. The van der Waals surface area contributed by atoms with Gasteiger partial charge in [0.1, 0.15) is 0 Å². The summed E-state index contributed by atoms with van der Waals surface area (Å²) in [7, 11) is 0. The van der Waals surface area contributed by atoms with E-state index < -0.39 is 0 Å². The summed E-state index contributed by atoms with van der Waals surface area (Å²) in [6, 6.07) is 14.3. The zero-order valence-corrected chi connectivity index (χ0v) is 16.8. The Bertz CT molecular complexity index is 971. The molecule has 2 aliphatic heterocycles. The molecular weight excluding hydrogens is 382 g/mol. The van der Waals surface area contributed by atoms with Crippen LogP contribution in [-0.2, 0) is 4.74 Å². The smallest absolute Gasteiger partial charge is 0.170 e. The van der Waals surface area contributed by atoms with E-state index in [0.29, 0.717) is 0 Å². The van der Waals surface area contributed by atoms with Gasteiger partial charge in [-0.3, -0.25) is 9.97 Å². The standard InChI is InChI=1S/C22H23N5OS/c29-22-25-20(18-6-1-2-10-24-18)21(27(22)15-17-5-4-14-28-17)19-7-3-13-26(19)16-8-11-23-12-9-16/h1-3,6-13,17,20-21H,4-5,14-15H2,(H,25,29)/t17-,20+,21+/m0/s1. The van der Waals surface area contributed by atoms with Gasteiger partial charge in [0.2, 0.25) is 0 Å². The average Bonchev–Trinajstić information content (AvgIpc) is 3.51. The number of nitrogens with one attached hydrogen (secondary N) is 1. The van der Waals surface area contributed by atoms with Crippen molar-refractivity contribution in [3.8, 4) is 5.69 Å². The number of hydrogen-bond acceptors (Lipinski definition) is 4. The van der Waals surface area contributed by atoms with Crippen molar-refractivity contribution in [2.45, 2.75) is 31.0 Å². The van der Waals surface area contributed by atoms with Crippen molar-refractivity contribution in [3.05, 3.63) is 78.6 Å². The lowest BCUT2D eigenvalue weighted by atomic mass is 10.0. The van der Waals surface area contributed by atoms with Crippen molar-refractivity contribution in [1.29, 1.82) is 0 Å². The summed E-state index contributed by atoms with van der Waals surface area (Å²) in [6.45, 7) is 1.61. The van der Waals surface area contributed by atoms with Gasteiger partial charge in [0.05, 0.1) is 23.9 Å². The Hall–Kier alpha value is -2.77. The maximum atomic E-state index is 5.92. The Kier molecular flexibility index (Phi) is 4.99. The van der Waals surface area contributed by atoms with Crippen LogP contribution in [0.15, 0.2) is 67.3 Å². The van der Waals surface area contributed by atoms with E-state index in [9.17, 15) is 0 Å². The van der Waals surface area contributed by atoms with Crippen LogP contribution in [0.25, 0.3) is 5.69 Å². The number of hydrogen-bond donors (Lipinski definition) is 1. The fourth-order valence-corrected chi connectivity index (χ4v) is 4.62. The van der Waals surface area contributed by atoms with Crippen molar-refractivity contribution in [2.75, 3.05) is 13.2 Å². The largest absolute Gasteiger partial charge is 0.376 e. The predicted octanol–water partition coefficient (Wildman–Crippen LogP) is 3.42. The first-order valence-electron chi connectivity index (χ1n) is 9.98. The molecule has 1 N–H and O–H groups in total. The summed E-state index contributed by atoms with van der Waals surface area (Å²) in [4.78, 5) is 11.1. The summed E-state index contributed by atoms with van der Waals surface area (Å²) in [5, 5.41) is 4.28. The first-order valence-corrected chi connectivity index (χ1v) is 10.4. The molecule has 148 valence electrons. The Labute approximate surface area is 175 Å². The molecule has 3 aromatic heterocycles. The second-order valence-corrected chi connectivity index (χ2v) is 7.81. The first-order chi connectivity index (χ1) is 14.3. The van der Waals surface area contributed by atoms with Crippen molar-refractivity contribution >= 4 is 17.3 Å². The minimum Gasteiger partial charge on any atom is -0.376 e.